The summed E-state index contributed by atoms with van der Waals surface area (Å²) in [5.74, 6) is 1.83. The quantitative estimate of drug-likeness (QED) is 0.826. The molecule has 1 heterocycles. The van der Waals surface area contributed by atoms with E-state index < -0.39 is 0 Å². The zero-order valence-electron chi connectivity index (χ0n) is 9.84. The molecule has 1 atom stereocenters. The summed E-state index contributed by atoms with van der Waals surface area (Å²) < 4.78 is 5.14. The molecule has 1 aromatic heterocycles. The number of rotatable bonds is 4. The van der Waals surface area contributed by atoms with Crippen LogP contribution in [0.15, 0.2) is 4.52 Å². The summed E-state index contributed by atoms with van der Waals surface area (Å²) in [6.07, 6.45) is 4.17. The molecule has 1 N–H and O–H groups in total. The summed E-state index contributed by atoms with van der Waals surface area (Å²) in [6.45, 7) is 7.15. The standard InChI is InChI=1S/C12H20N2O/c1-8(11-5-4-6-11)13-7-12-9(2)14-15-10(12)3/h8,11,13H,4-7H2,1-3H3. The Morgan fingerprint density at radius 3 is 2.67 bits per heavy atom. The number of hydrogen-bond acceptors (Lipinski definition) is 3. The van der Waals surface area contributed by atoms with Crippen LogP contribution in [-0.2, 0) is 6.54 Å². The van der Waals surface area contributed by atoms with E-state index in [9.17, 15) is 0 Å². The van der Waals surface area contributed by atoms with Crippen LogP contribution in [0.25, 0.3) is 0 Å². The molecule has 0 radical (unpaired) electrons. The van der Waals surface area contributed by atoms with E-state index >= 15 is 0 Å². The summed E-state index contributed by atoms with van der Waals surface area (Å²) >= 11 is 0. The molecular formula is C12H20N2O. The highest BCUT2D eigenvalue weighted by Crippen LogP contribution is 2.29. The molecule has 1 aromatic rings. The van der Waals surface area contributed by atoms with Gasteiger partial charge in [-0.3, -0.25) is 0 Å². The second-order valence-corrected chi connectivity index (χ2v) is 4.66. The van der Waals surface area contributed by atoms with E-state index in [1.165, 1.54) is 24.8 Å². The van der Waals surface area contributed by atoms with E-state index in [1.54, 1.807) is 0 Å². The monoisotopic (exact) mass is 208 g/mol. The fourth-order valence-corrected chi connectivity index (χ4v) is 2.12. The van der Waals surface area contributed by atoms with Crippen LogP contribution in [0.5, 0.6) is 0 Å². The molecule has 0 aromatic carbocycles. The largest absolute Gasteiger partial charge is 0.361 e. The summed E-state index contributed by atoms with van der Waals surface area (Å²) in [7, 11) is 0. The molecule has 3 nitrogen and oxygen atoms in total. The lowest BCUT2D eigenvalue weighted by molar-refractivity contribution is 0.239. The Hall–Kier alpha value is -0.830. The highest BCUT2D eigenvalue weighted by molar-refractivity contribution is 5.20. The van der Waals surface area contributed by atoms with Gasteiger partial charge in [0.15, 0.2) is 0 Å². The minimum atomic E-state index is 0.618. The molecule has 0 aliphatic heterocycles. The average molecular weight is 208 g/mol. The molecule has 0 bridgehead atoms. The van der Waals surface area contributed by atoms with Gasteiger partial charge in [-0.05, 0) is 39.5 Å². The van der Waals surface area contributed by atoms with Crippen LogP contribution in [0, 0.1) is 19.8 Å². The topological polar surface area (TPSA) is 38.1 Å². The van der Waals surface area contributed by atoms with Crippen molar-refractivity contribution in [3.63, 3.8) is 0 Å². The van der Waals surface area contributed by atoms with E-state index in [1.807, 2.05) is 13.8 Å². The van der Waals surface area contributed by atoms with Crippen LogP contribution in [0.1, 0.15) is 43.2 Å². The van der Waals surface area contributed by atoms with Crippen molar-refractivity contribution in [3.8, 4) is 0 Å². The van der Waals surface area contributed by atoms with Gasteiger partial charge >= 0.3 is 0 Å². The van der Waals surface area contributed by atoms with Crippen molar-refractivity contribution in [1.82, 2.24) is 10.5 Å². The van der Waals surface area contributed by atoms with Crippen molar-refractivity contribution in [3.05, 3.63) is 17.0 Å². The third kappa shape index (κ3) is 2.23. The lowest BCUT2D eigenvalue weighted by atomic mass is 9.80. The normalized spacial score (nSPS) is 18.9. The Morgan fingerprint density at radius 1 is 1.47 bits per heavy atom. The fourth-order valence-electron chi connectivity index (χ4n) is 2.12. The minimum Gasteiger partial charge on any atom is -0.361 e. The highest BCUT2D eigenvalue weighted by atomic mass is 16.5. The molecule has 3 heteroatoms. The fraction of sp³-hybridized carbons (Fsp3) is 0.750. The lowest BCUT2D eigenvalue weighted by Gasteiger charge is -2.32. The number of nitrogens with zero attached hydrogens (tertiary/aromatic N) is 1. The molecule has 15 heavy (non-hydrogen) atoms. The lowest BCUT2D eigenvalue weighted by Crippen LogP contribution is -2.36. The maximum atomic E-state index is 5.14. The number of aromatic nitrogens is 1. The summed E-state index contributed by atoms with van der Waals surface area (Å²) in [6, 6.07) is 0.618. The van der Waals surface area contributed by atoms with Crippen LogP contribution in [-0.4, -0.2) is 11.2 Å². The van der Waals surface area contributed by atoms with Gasteiger partial charge in [0, 0.05) is 18.2 Å². The van der Waals surface area contributed by atoms with Crippen LogP contribution in [0.4, 0.5) is 0 Å². The molecule has 84 valence electrons. The molecule has 1 saturated carbocycles. The number of aryl methyl sites for hydroxylation is 2. The Kier molecular flexibility index (Phi) is 3.10. The smallest absolute Gasteiger partial charge is 0.138 e. The molecule has 2 rings (SSSR count). The van der Waals surface area contributed by atoms with Crippen LogP contribution >= 0.6 is 0 Å². The summed E-state index contributed by atoms with van der Waals surface area (Å²) in [4.78, 5) is 0. The zero-order valence-corrected chi connectivity index (χ0v) is 9.84. The maximum Gasteiger partial charge on any atom is 0.138 e. The van der Waals surface area contributed by atoms with Gasteiger partial charge in [0.05, 0.1) is 5.69 Å². The van der Waals surface area contributed by atoms with Gasteiger partial charge in [0.25, 0.3) is 0 Å². The predicted molar refractivity (Wildman–Crippen MR) is 59.6 cm³/mol. The minimum absolute atomic E-state index is 0.618. The first-order valence-electron chi connectivity index (χ1n) is 5.83. The van der Waals surface area contributed by atoms with Gasteiger partial charge in [0.2, 0.25) is 0 Å². The molecule has 0 spiro atoms. The Labute approximate surface area is 91.2 Å². The third-order valence-electron chi connectivity index (χ3n) is 3.64. The van der Waals surface area contributed by atoms with Crippen molar-refractivity contribution in [2.75, 3.05) is 0 Å². The van der Waals surface area contributed by atoms with Gasteiger partial charge in [0.1, 0.15) is 5.76 Å². The molecule has 0 saturated heterocycles. The van der Waals surface area contributed by atoms with Gasteiger partial charge in [-0.15, -0.1) is 0 Å². The number of hydrogen-bond donors (Lipinski definition) is 1. The van der Waals surface area contributed by atoms with Gasteiger partial charge in [-0.1, -0.05) is 11.6 Å². The van der Waals surface area contributed by atoms with Gasteiger partial charge < -0.3 is 9.84 Å². The van der Waals surface area contributed by atoms with Crippen molar-refractivity contribution >= 4 is 0 Å². The second-order valence-electron chi connectivity index (χ2n) is 4.66. The Morgan fingerprint density at radius 2 is 2.20 bits per heavy atom. The summed E-state index contributed by atoms with van der Waals surface area (Å²) in [5.41, 5.74) is 2.24. The average Bonchev–Trinajstić information content (AvgIpc) is 2.41. The zero-order chi connectivity index (χ0) is 10.8. The van der Waals surface area contributed by atoms with Crippen LogP contribution < -0.4 is 5.32 Å². The van der Waals surface area contributed by atoms with E-state index in [2.05, 4.69) is 17.4 Å². The van der Waals surface area contributed by atoms with Gasteiger partial charge in [-0.25, -0.2) is 0 Å². The second kappa shape index (κ2) is 4.35. The molecular weight excluding hydrogens is 188 g/mol. The predicted octanol–water partition coefficient (Wildman–Crippen LogP) is 2.57. The molecule has 1 unspecified atom stereocenters. The summed E-state index contributed by atoms with van der Waals surface area (Å²) in [5, 5.41) is 7.53. The number of nitrogens with one attached hydrogen (secondary N) is 1. The van der Waals surface area contributed by atoms with Crippen molar-refractivity contribution in [2.24, 2.45) is 5.92 Å². The maximum absolute atomic E-state index is 5.14. The van der Waals surface area contributed by atoms with Crippen molar-refractivity contribution < 1.29 is 4.52 Å². The first kappa shape index (κ1) is 10.7. The van der Waals surface area contributed by atoms with E-state index in [-0.39, 0.29) is 0 Å². The molecule has 1 aliphatic carbocycles. The molecule has 0 amide bonds. The van der Waals surface area contributed by atoms with E-state index in [4.69, 9.17) is 4.52 Å². The van der Waals surface area contributed by atoms with Gasteiger partial charge in [-0.2, -0.15) is 0 Å². The van der Waals surface area contributed by atoms with Crippen LogP contribution in [0.2, 0.25) is 0 Å². The molecule has 1 fully saturated rings. The first-order valence-corrected chi connectivity index (χ1v) is 5.83. The Bertz CT molecular complexity index is 309. The van der Waals surface area contributed by atoms with Crippen molar-refractivity contribution in [2.45, 2.75) is 52.6 Å². The van der Waals surface area contributed by atoms with Crippen LogP contribution in [0.3, 0.4) is 0 Å². The first-order chi connectivity index (χ1) is 7.18. The van der Waals surface area contributed by atoms with Crippen molar-refractivity contribution in [1.29, 1.82) is 0 Å². The highest BCUT2D eigenvalue weighted by Gasteiger charge is 2.23. The Balaban J connectivity index is 1.86. The third-order valence-corrected chi connectivity index (χ3v) is 3.64. The van der Waals surface area contributed by atoms with E-state index in [0.29, 0.717) is 6.04 Å². The van der Waals surface area contributed by atoms with E-state index in [0.717, 1.165) is 23.9 Å². The SMILES string of the molecule is Cc1noc(C)c1CNC(C)C1CCC1. The molecule has 1 aliphatic rings.